The number of para-hydroxylation sites is 1. The molecule has 0 saturated carbocycles. The first-order valence-corrected chi connectivity index (χ1v) is 10.3. The number of nitrogens with one attached hydrogen (secondary N) is 1. The number of methoxy groups -OCH3 is 1. The third kappa shape index (κ3) is 4.54. The summed E-state index contributed by atoms with van der Waals surface area (Å²) in [5, 5.41) is 2.24. The number of nitrogens with zero attached hydrogens (tertiary/aromatic N) is 1. The Morgan fingerprint density at radius 2 is 1.94 bits per heavy atom. The second kappa shape index (κ2) is 9.61. The minimum Gasteiger partial charge on any atom is -0.493 e. The predicted octanol–water partition coefficient (Wildman–Crippen LogP) is 4.25. The molecule has 0 aromatic heterocycles. The Kier molecular flexibility index (Phi) is 6.91. The third-order valence-electron chi connectivity index (χ3n) is 4.62. The molecule has 4 amide bonds. The molecule has 8 heteroatoms. The van der Waals surface area contributed by atoms with Crippen molar-refractivity contribution < 1.29 is 23.9 Å². The molecule has 2 aromatic rings. The first-order valence-electron chi connectivity index (χ1n) is 9.51. The lowest BCUT2D eigenvalue weighted by Gasteiger charge is -2.28. The quantitative estimate of drug-likeness (QED) is 0.360. The van der Waals surface area contributed by atoms with Crippen LogP contribution in [0.1, 0.15) is 18.1 Å². The summed E-state index contributed by atoms with van der Waals surface area (Å²) in [5.74, 6) is -0.576. The molecule has 7 nitrogen and oxygen atoms in total. The van der Waals surface area contributed by atoms with Gasteiger partial charge in [-0.3, -0.25) is 14.9 Å². The number of imide groups is 2. The summed E-state index contributed by atoms with van der Waals surface area (Å²) in [6, 6.07) is 9.62. The van der Waals surface area contributed by atoms with E-state index < -0.39 is 17.8 Å². The molecule has 1 heterocycles. The fourth-order valence-electron chi connectivity index (χ4n) is 3.18. The second-order valence-corrected chi connectivity index (χ2v) is 7.43. The van der Waals surface area contributed by atoms with Crippen LogP contribution in [0, 0.1) is 0 Å². The zero-order valence-electron chi connectivity index (χ0n) is 17.1. The Balaban J connectivity index is 2.04. The van der Waals surface area contributed by atoms with Gasteiger partial charge in [0, 0.05) is 0 Å². The number of rotatable bonds is 7. The molecular formula is C23H21BrN2O5. The number of anilines is 1. The second-order valence-electron chi connectivity index (χ2n) is 6.57. The molecular weight excluding hydrogens is 464 g/mol. The van der Waals surface area contributed by atoms with E-state index in [1.54, 1.807) is 30.3 Å². The molecule has 0 bridgehead atoms. The zero-order chi connectivity index (χ0) is 22.5. The summed E-state index contributed by atoms with van der Waals surface area (Å²) in [6.07, 6.45) is 3.64. The maximum absolute atomic E-state index is 13.2. The van der Waals surface area contributed by atoms with E-state index in [9.17, 15) is 14.4 Å². The Labute approximate surface area is 188 Å². The molecule has 31 heavy (non-hydrogen) atoms. The number of amides is 4. The lowest BCUT2D eigenvalue weighted by Crippen LogP contribution is -2.54. The Hall–Kier alpha value is -3.39. The number of hydrogen-bond donors (Lipinski definition) is 1. The lowest BCUT2D eigenvalue weighted by atomic mass is 10.0. The largest absolute Gasteiger partial charge is 0.493 e. The smallest absolute Gasteiger partial charge is 0.335 e. The average molecular weight is 485 g/mol. The van der Waals surface area contributed by atoms with E-state index in [1.807, 2.05) is 19.1 Å². The van der Waals surface area contributed by atoms with E-state index in [2.05, 4.69) is 27.8 Å². The predicted molar refractivity (Wildman–Crippen MR) is 121 cm³/mol. The first-order chi connectivity index (χ1) is 14.9. The molecule has 0 atom stereocenters. The van der Waals surface area contributed by atoms with E-state index in [0.29, 0.717) is 33.6 Å². The van der Waals surface area contributed by atoms with Crippen molar-refractivity contribution in [3.05, 3.63) is 70.2 Å². The molecule has 1 fully saturated rings. The number of carbonyl (C=O) groups excluding carboxylic acids is 3. The molecule has 1 aliphatic heterocycles. The number of ether oxygens (including phenoxy) is 2. The van der Waals surface area contributed by atoms with Gasteiger partial charge in [-0.15, -0.1) is 0 Å². The number of barbiturate groups is 1. The summed E-state index contributed by atoms with van der Waals surface area (Å²) in [5.41, 5.74) is 1.61. The van der Waals surface area contributed by atoms with Gasteiger partial charge in [0.15, 0.2) is 11.5 Å². The van der Waals surface area contributed by atoms with Crippen molar-refractivity contribution >= 4 is 45.5 Å². The van der Waals surface area contributed by atoms with Crippen molar-refractivity contribution in [2.45, 2.75) is 13.3 Å². The molecule has 3 rings (SSSR count). The van der Waals surface area contributed by atoms with Crippen LogP contribution in [0.25, 0.3) is 6.08 Å². The minimum absolute atomic E-state index is 0.167. The van der Waals surface area contributed by atoms with Crippen LogP contribution in [-0.2, 0) is 16.0 Å². The molecule has 0 spiro atoms. The van der Waals surface area contributed by atoms with Crippen molar-refractivity contribution in [3.8, 4) is 11.5 Å². The van der Waals surface area contributed by atoms with Gasteiger partial charge in [0.1, 0.15) is 12.2 Å². The van der Waals surface area contributed by atoms with Crippen molar-refractivity contribution in [2.75, 3.05) is 18.6 Å². The van der Waals surface area contributed by atoms with Crippen molar-refractivity contribution in [1.82, 2.24) is 5.32 Å². The number of hydrogen-bond acceptors (Lipinski definition) is 5. The highest BCUT2D eigenvalue weighted by Gasteiger charge is 2.37. The third-order valence-corrected chi connectivity index (χ3v) is 5.21. The van der Waals surface area contributed by atoms with Crippen molar-refractivity contribution in [3.63, 3.8) is 0 Å². The normalized spacial score (nSPS) is 15.1. The van der Waals surface area contributed by atoms with Gasteiger partial charge < -0.3 is 9.47 Å². The first kappa shape index (κ1) is 22.3. The van der Waals surface area contributed by atoms with Crippen LogP contribution < -0.4 is 19.7 Å². The standard InChI is InChI=1S/C23H21BrN2O5/c1-4-10-31-20-17(24)12-14(13-19(20)30-3)11-16-21(27)25-23(29)26(22(16)28)18-9-7-6-8-15(18)5-2/h4,6-9,11-13H,1,5,10H2,2-3H3,(H,25,27,29). The number of benzene rings is 2. The van der Waals surface area contributed by atoms with Crippen LogP contribution in [0.15, 0.2) is 59.1 Å². The summed E-state index contributed by atoms with van der Waals surface area (Å²) in [4.78, 5) is 39.1. The monoisotopic (exact) mass is 484 g/mol. The van der Waals surface area contributed by atoms with Crippen LogP contribution in [0.4, 0.5) is 10.5 Å². The van der Waals surface area contributed by atoms with Gasteiger partial charge >= 0.3 is 6.03 Å². The van der Waals surface area contributed by atoms with E-state index >= 15 is 0 Å². The van der Waals surface area contributed by atoms with Crippen molar-refractivity contribution in [1.29, 1.82) is 0 Å². The van der Waals surface area contributed by atoms with Gasteiger partial charge in [0.05, 0.1) is 17.3 Å². The van der Waals surface area contributed by atoms with E-state index in [4.69, 9.17) is 9.47 Å². The maximum atomic E-state index is 13.2. The summed E-state index contributed by atoms with van der Waals surface area (Å²) in [6.45, 7) is 5.82. The number of aryl methyl sites for hydroxylation is 1. The highest BCUT2D eigenvalue weighted by molar-refractivity contribution is 9.10. The SMILES string of the molecule is C=CCOc1c(Br)cc(C=C2C(=O)NC(=O)N(c3ccccc3CC)C2=O)cc1OC. The molecule has 1 N–H and O–H groups in total. The maximum Gasteiger partial charge on any atom is 0.335 e. The van der Waals surface area contributed by atoms with E-state index in [1.165, 1.54) is 13.2 Å². The van der Waals surface area contributed by atoms with Gasteiger partial charge in [-0.1, -0.05) is 37.8 Å². The van der Waals surface area contributed by atoms with Gasteiger partial charge in [-0.25, -0.2) is 9.69 Å². The molecule has 0 aliphatic carbocycles. The number of halogens is 1. The Bertz CT molecular complexity index is 1090. The number of urea groups is 1. The molecule has 0 unspecified atom stereocenters. The van der Waals surface area contributed by atoms with Crippen molar-refractivity contribution in [2.24, 2.45) is 0 Å². The summed E-state index contributed by atoms with van der Waals surface area (Å²) >= 11 is 3.42. The summed E-state index contributed by atoms with van der Waals surface area (Å²) in [7, 11) is 1.49. The fourth-order valence-corrected chi connectivity index (χ4v) is 3.75. The fraction of sp³-hybridized carbons (Fsp3) is 0.174. The topological polar surface area (TPSA) is 84.9 Å². The molecule has 1 aliphatic rings. The highest BCUT2D eigenvalue weighted by atomic mass is 79.9. The lowest BCUT2D eigenvalue weighted by molar-refractivity contribution is -0.122. The molecule has 160 valence electrons. The zero-order valence-corrected chi connectivity index (χ0v) is 18.7. The average Bonchev–Trinajstić information content (AvgIpc) is 2.75. The van der Waals surface area contributed by atoms with Crippen LogP contribution in [0.3, 0.4) is 0 Å². The molecule has 1 saturated heterocycles. The van der Waals surface area contributed by atoms with E-state index in [0.717, 1.165) is 10.5 Å². The van der Waals surface area contributed by atoms with Crippen LogP contribution in [0.5, 0.6) is 11.5 Å². The van der Waals surface area contributed by atoms with Gasteiger partial charge in [0.2, 0.25) is 0 Å². The van der Waals surface area contributed by atoms with Gasteiger partial charge in [0.25, 0.3) is 11.8 Å². The molecule has 2 aromatic carbocycles. The molecule has 0 radical (unpaired) electrons. The minimum atomic E-state index is -0.778. The Morgan fingerprint density at radius 1 is 1.19 bits per heavy atom. The Morgan fingerprint density at radius 3 is 2.61 bits per heavy atom. The summed E-state index contributed by atoms with van der Waals surface area (Å²) < 4.78 is 11.6. The highest BCUT2D eigenvalue weighted by Crippen LogP contribution is 2.37. The van der Waals surface area contributed by atoms with Gasteiger partial charge in [-0.2, -0.15) is 0 Å². The van der Waals surface area contributed by atoms with E-state index in [-0.39, 0.29) is 12.2 Å². The van der Waals surface area contributed by atoms with Crippen LogP contribution in [0.2, 0.25) is 0 Å². The number of carbonyl (C=O) groups is 3. The van der Waals surface area contributed by atoms with Gasteiger partial charge in [-0.05, 0) is 57.8 Å². The van der Waals surface area contributed by atoms with Crippen LogP contribution >= 0.6 is 15.9 Å². The van der Waals surface area contributed by atoms with Crippen LogP contribution in [-0.4, -0.2) is 31.6 Å².